The van der Waals surface area contributed by atoms with Crippen LogP contribution in [0.4, 0.5) is 5.69 Å². The first-order valence-electron chi connectivity index (χ1n) is 15.3. The van der Waals surface area contributed by atoms with Gasteiger partial charge in [0.25, 0.3) is 5.91 Å². The van der Waals surface area contributed by atoms with E-state index in [1.807, 2.05) is 30.3 Å². The molecule has 5 rings (SSSR count). The fourth-order valence-electron chi connectivity index (χ4n) is 5.05. The first-order chi connectivity index (χ1) is 23.0. The molecule has 0 aliphatic carbocycles. The molecule has 2 heterocycles. The molecule has 0 radical (unpaired) electrons. The Bertz CT molecular complexity index is 1720. The number of halogens is 1. The maximum atomic E-state index is 13.6. The van der Waals surface area contributed by atoms with Gasteiger partial charge in [-0.3, -0.25) is 9.59 Å². The van der Waals surface area contributed by atoms with Crippen molar-refractivity contribution < 1.29 is 33.3 Å². The van der Waals surface area contributed by atoms with Gasteiger partial charge in [0, 0.05) is 44.6 Å². The summed E-state index contributed by atoms with van der Waals surface area (Å²) in [5, 5.41) is 6.91. The third-order valence-electron chi connectivity index (χ3n) is 7.36. The van der Waals surface area contributed by atoms with Crippen LogP contribution in [0.5, 0.6) is 23.1 Å². The largest absolute Gasteiger partial charge is 0.487 e. The highest BCUT2D eigenvalue weighted by molar-refractivity contribution is 6.32. The maximum Gasteiger partial charge on any atom is 0.261 e. The van der Waals surface area contributed by atoms with Crippen LogP contribution in [0.2, 0.25) is 5.02 Å². The van der Waals surface area contributed by atoms with Gasteiger partial charge in [-0.25, -0.2) is 9.97 Å². The number of aromatic nitrogens is 2. The molecule has 0 saturated carbocycles. The molecule has 0 unspecified atom stereocenters. The number of benzene rings is 3. The molecule has 47 heavy (non-hydrogen) atoms. The number of allylic oxidation sites excluding steroid dienone is 1. The first kappa shape index (κ1) is 33.6. The molecule has 11 nitrogen and oxygen atoms in total. The minimum Gasteiger partial charge on any atom is -0.487 e. The summed E-state index contributed by atoms with van der Waals surface area (Å²) in [5.74, 6) is 0.765. The Hall–Kier alpha value is -4.71. The van der Waals surface area contributed by atoms with Crippen LogP contribution < -0.4 is 24.8 Å². The number of nitrogens with zero attached hydrogens (tertiary/aromatic N) is 2. The van der Waals surface area contributed by atoms with Gasteiger partial charge in [0.2, 0.25) is 5.88 Å². The quantitative estimate of drug-likeness (QED) is 0.0688. The van der Waals surface area contributed by atoms with Crippen molar-refractivity contribution in [1.29, 1.82) is 0 Å². The molecule has 0 atom stereocenters. The highest BCUT2D eigenvalue weighted by atomic mass is 35.5. The highest BCUT2D eigenvalue weighted by Gasteiger charge is 2.25. The fraction of sp³-hybridized carbons (Fsp3) is 0.314. The van der Waals surface area contributed by atoms with Crippen molar-refractivity contribution in [1.82, 2.24) is 15.3 Å². The zero-order valence-electron chi connectivity index (χ0n) is 26.3. The number of carbonyl (C=O) groups excluding carboxylic acids is 2. The average molecular weight is 661 g/mol. The van der Waals surface area contributed by atoms with Crippen LogP contribution >= 0.6 is 11.6 Å². The predicted octanol–water partition coefficient (Wildman–Crippen LogP) is 5.90. The topological polar surface area (TPSA) is 130 Å². The monoisotopic (exact) mass is 660 g/mol. The molecule has 1 saturated heterocycles. The Morgan fingerprint density at radius 1 is 0.872 bits per heavy atom. The second-order valence-electron chi connectivity index (χ2n) is 10.7. The zero-order valence-corrected chi connectivity index (χ0v) is 27.1. The minimum atomic E-state index is -0.494. The van der Waals surface area contributed by atoms with Crippen molar-refractivity contribution in [2.45, 2.75) is 25.7 Å². The molecule has 0 bridgehead atoms. The molecule has 1 amide bonds. The Labute approximate surface area is 278 Å². The number of anilines is 1. The predicted molar refractivity (Wildman–Crippen MR) is 178 cm³/mol. The summed E-state index contributed by atoms with van der Waals surface area (Å²) in [7, 11) is 3.19. The molecular weight excluding hydrogens is 624 g/mol. The number of nitrogens with one attached hydrogen (secondary N) is 2. The van der Waals surface area contributed by atoms with Gasteiger partial charge < -0.3 is 34.3 Å². The smallest absolute Gasteiger partial charge is 0.261 e. The van der Waals surface area contributed by atoms with E-state index in [0.717, 1.165) is 18.4 Å². The van der Waals surface area contributed by atoms with Crippen molar-refractivity contribution in [3.63, 3.8) is 0 Å². The van der Waals surface area contributed by atoms with Crippen molar-refractivity contribution in [2.24, 2.45) is 0 Å². The van der Waals surface area contributed by atoms with Gasteiger partial charge in [0.15, 0.2) is 17.3 Å². The van der Waals surface area contributed by atoms with E-state index < -0.39 is 5.91 Å². The molecular formula is C35H37ClN4O7. The summed E-state index contributed by atoms with van der Waals surface area (Å²) < 4.78 is 28.1. The van der Waals surface area contributed by atoms with E-state index in [1.54, 1.807) is 44.6 Å². The number of methoxy groups -OCH3 is 2. The molecule has 1 fully saturated rings. The lowest BCUT2D eigenvalue weighted by Gasteiger charge is -2.21. The van der Waals surface area contributed by atoms with Crippen LogP contribution in [0.3, 0.4) is 0 Å². The van der Waals surface area contributed by atoms with Crippen LogP contribution in [0, 0.1) is 0 Å². The highest BCUT2D eigenvalue weighted by Crippen LogP contribution is 2.38. The number of ketones is 1. The SMILES string of the molecule is COCCOc1cc2ncnc(Oc3ccc(NC(=O)/C(C(=O)Cc4ccccc4)=C4\CCCCN4)cc3Cl)c2cc1OCCOC. The second kappa shape index (κ2) is 16.7. The van der Waals surface area contributed by atoms with Gasteiger partial charge in [0.1, 0.15) is 30.9 Å². The molecule has 3 aromatic carbocycles. The minimum absolute atomic E-state index is 0.120. The summed E-state index contributed by atoms with van der Waals surface area (Å²) in [5.41, 5.74) is 2.61. The van der Waals surface area contributed by atoms with Crippen molar-refractivity contribution in [3.8, 4) is 23.1 Å². The molecule has 0 spiro atoms. The summed E-state index contributed by atoms with van der Waals surface area (Å²) in [6, 6.07) is 17.7. The number of rotatable bonds is 15. The zero-order chi connectivity index (χ0) is 33.0. The van der Waals surface area contributed by atoms with Gasteiger partial charge >= 0.3 is 0 Å². The van der Waals surface area contributed by atoms with Crippen LogP contribution in [-0.2, 0) is 25.5 Å². The van der Waals surface area contributed by atoms with E-state index in [9.17, 15) is 9.59 Å². The third kappa shape index (κ3) is 8.97. The van der Waals surface area contributed by atoms with E-state index in [2.05, 4.69) is 20.6 Å². The third-order valence-corrected chi connectivity index (χ3v) is 7.65. The lowest BCUT2D eigenvalue weighted by molar-refractivity contribution is -0.119. The molecule has 4 aromatic rings. The van der Waals surface area contributed by atoms with Gasteiger partial charge in [-0.1, -0.05) is 41.9 Å². The number of amides is 1. The first-order valence-corrected chi connectivity index (χ1v) is 15.7. The van der Waals surface area contributed by atoms with Gasteiger partial charge in [0.05, 0.1) is 29.1 Å². The summed E-state index contributed by atoms with van der Waals surface area (Å²) in [6.07, 6.45) is 4.01. The lowest BCUT2D eigenvalue weighted by Crippen LogP contribution is -2.30. The molecule has 2 N–H and O–H groups in total. The van der Waals surface area contributed by atoms with Crippen molar-refractivity contribution in [2.75, 3.05) is 52.5 Å². The number of piperidine rings is 1. The standard InChI is InChI=1S/C35H37ClN4O7/c1-43-14-16-45-31-20-25-28(21-32(31)46-17-15-44-2)38-22-39-35(25)47-30-12-11-24(19-26(30)36)40-34(42)33(27-10-6-7-13-37-27)29(41)18-23-8-4-3-5-9-23/h3-5,8-9,11-12,19-22,37H,6-7,10,13-18H2,1-2H3,(H,40,42)/b33-27+. The fourth-order valence-corrected chi connectivity index (χ4v) is 5.26. The Kier molecular flexibility index (Phi) is 12.0. The lowest BCUT2D eigenvalue weighted by atomic mass is 9.96. The summed E-state index contributed by atoms with van der Waals surface area (Å²) >= 11 is 6.64. The van der Waals surface area contributed by atoms with E-state index in [4.69, 9.17) is 35.3 Å². The van der Waals surface area contributed by atoms with Gasteiger partial charge in [-0.2, -0.15) is 0 Å². The number of hydrogen-bond acceptors (Lipinski definition) is 10. The number of fused-ring (bicyclic) bond motifs is 1. The van der Waals surface area contributed by atoms with Crippen LogP contribution in [0.15, 0.2) is 78.3 Å². The van der Waals surface area contributed by atoms with Crippen LogP contribution in [-0.4, -0.2) is 68.9 Å². The number of Topliss-reactive ketones (excluding diaryl/α,β-unsaturated/α-hetero) is 1. The number of carbonyl (C=O) groups is 2. The summed E-state index contributed by atoms with van der Waals surface area (Å²) in [4.78, 5) is 35.7. The average Bonchev–Trinajstić information content (AvgIpc) is 3.07. The Morgan fingerprint density at radius 3 is 2.30 bits per heavy atom. The molecule has 246 valence electrons. The van der Waals surface area contributed by atoms with E-state index in [1.165, 1.54) is 6.33 Å². The maximum absolute atomic E-state index is 13.6. The Balaban J connectivity index is 1.36. The molecule has 1 aliphatic rings. The molecule has 1 aromatic heterocycles. The van der Waals surface area contributed by atoms with Crippen molar-refractivity contribution in [3.05, 3.63) is 88.8 Å². The molecule has 12 heteroatoms. The van der Waals surface area contributed by atoms with Gasteiger partial charge in [-0.05, 0) is 49.1 Å². The van der Waals surface area contributed by atoms with E-state index >= 15 is 0 Å². The number of hydrogen-bond donors (Lipinski definition) is 2. The normalized spacial score (nSPS) is 13.9. The van der Waals surface area contributed by atoms with Crippen molar-refractivity contribution >= 4 is 39.9 Å². The van der Waals surface area contributed by atoms with Crippen LogP contribution in [0.1, 0.15) is 24.8 Å². The Morgan fingerprint density at radius 2 is 1.62 bits per heavy atom. The van der Waals surface area contributed by atoms with E-state index in [-0.39, 0.29) is 28.7 Å². The number of ether oxygens (including phenoxy) is 5. The van der Waals surface area contributed by atoms with Gasteiger partial charge in [-0.15, -0.1) is 0 Å². The molecule has 1 aliphatic heterocycles. The van der Waals surface area contributed by atoms with E-state index in [0.29, 0.717) is 78.9 Å². The van der Waals surface area contributed by atoms with Crippen LogP contribution in [0.25, 0.3) is 10.9 Å². The second-order valence-corrected chi connectivity index (χ2v) is 11.1. The summed E-state index contributed by atoms with van der Waals surface area (Å²) in [6.45, 7) is 2.13.